The molecule has 0 radical (unpaired) electrons. The summed E-state index contributed by atoms with van der Waals surface area (Å²) in [6, 6.07) is 1.49. The minimum absolute atomic E-state index is 0.395. The second kappa shape index (κ2) is 5.50. The van der Waals surface area contributed by atoms with Crippen molar-refractivity contribution in [2.45, 2.75) is 59.5 Å². The zero-order valence-corrected chi connectivity index (χ0v) is 12.0. The number of rotatable bonds is 6. The van der Waals surface area contributed by atoms with Crippen molar-refractivity contribution in [2.75, 3.05) is 20.1 Å². The van der Waals surface area contributed by atoms with Gasteiger partial charge in [-0.3, -0.25) is 0 Å². The molecule has 1 aliphatic rings. The van der Waals surface area contributed by atoms with Crippen LogP contribution in [0.2, 0.25) is 0 Å². The van der Waals surface area contributed by atoms with Crippen LogP contribution in [0.25, 0.3) is 0 Å². The minimum atomic E-state index is 0.395. The Labute approximate surface area is 102 Å². The van der Waals surface area contributed by atoms with Crippen molar-refractivity contribution in [1.29, 1.82) is 0 Å². The molecule has 16 heavy (non-hydrogen) atoms. The van der Waals surface area contributed by atoms with Crippen LogP contribution in [0.5, 0.6) is 0 Å². The van der Waals surface area contributed by atoms with Gasteiger partial charge in [0.2, 0.25) is 0 Å². The summed E-state index contributed by atoms with van der Waals surface area (Å²) in [4.78, 5) is 2.50. The Morgan fingerprint density at radius 1 is 1.25 bits per heavy atom. The van der Waals surface area contributed by atoms with Crippen LogP contribution in [0, 0.1) is 11.3 Å². The summed E-state index contributed by atoms with van der Waals surface area (Å²) in [6.07, 6.45) is 2.78. The first-order valence-corrected chi connectivity index (χ1v) is 6.73. The Morgan fingerprint density at radius 3 is 2.25 bits per heavy atom. The highest BCUT2D eigenvalue weighted by atomic mass is 15.1. The van der Waals surface area contributed by atoms with Crippen LogP contribution in [-0.2, 0) is 0 Å². The van der Waals surface area contributed by atoms with E-state index in [-0.39, 0.29) is 0 Å². The van der Waals surface area contributed by atoms with Gasteiger partial charge < -0.3 is 10.2 Å². The molecule has 0 amide bonds. The van der Waals surface area contributed by atoms with Gasteiger partial charge in [-0.2, -0.15) is 0 Å². The standard InChI is InChI=1S/C14H30N2/c1-11(9-15-13-7-8-13)12(2)16(6)10-14(3,4)5/h11-13,15H,7-10H2,1-6H3. The molecule has 0 heterocycles. The topological polar surface area (TPSA) is 15.3 Å². The zero-order valence-electron chi connectivity index (χ0n) is 12.0. The smallest absolute Gasteiger partial charge is 0.0102 e. The highest BCUT2D eigenvalue weighted by molar-refractivity contribution is 4.83. The number of nitrogens with zero attached hydrogens (tertiary/aromatic N) is 1. The van der Waals surface area contributed by atoms with Crippen molar-refractivity contribution in [2.24, 2.45) is 11.3 Å². The Hall–Kier alpha value is -0.0800. The van der Waals surface area contributed by atoms with Crippen LogP contribution in [0.15, 0.2) is 0 Å². The van der Waals surface area contributed by atoms with Crippen LogP contribution in [0.4, 0.5) is 0 Å². The lowest BCUT2D eigenvalue weighted by Gasteiger charge is -2.34. The third-order valence-corrected chi connectivity index (χ3v) is 3.55. The van der Waals surface area contributed by atoms with E-state index >= 15 is 0 Å². The number of hydrogen-bond acceptors (Lipinski definition) is 2. The number of hydrogen-bond donors (Lipinski definition) is 1. The molecular formula is C14H30N2. The average molecular weight is 226 g/mol. The summed E-state index contributed by atoms with van der Waals surface area (Å²) in [5.41, 5.74) is 0.395. The second-order valence-electron chi connectivity index (χ2n) is 6.88. The lowest BCUT2D eigenvalue weighted by Crippen LogP contribution is -2.42. The minimum Gasteiger partial charge on any atom is -0.314 e. The van der Waals surface area contributed by atoms with Gasteiger partial charge in [-0.05, 0) is 44.7 Å². The van der Waals surface area contributed by atoms with E-state index in [9.17, 15) is 0 Å². The van der Waals surface area contributed by atoms with Gasteiger partial charge in [0.1, 0.15) is 0 Å². The molecule has 2 heteroatoms. The van der Waals surface area contributed by atoms with Crippen LogP contribution < -0.4 is 5.32 Å². The molecule has 0 saturated heterocycles. The first-order chi connectivity index (χ1) is 7.29. The van der Waals surface area contributed by atoms with Gasteiger partial charge in [-0.1, -0.05) is 27.7 Å². The molecule has 0 aromatic heterocycles. The molecule has 1 N–H and O–H groups in total. The summed E-state index contributed by atoms with van der Waals surface area (Å²) in [5, 5.41) is 3.63. The van der Waals surface area contributed by atoms with E-state index in [1.165, 1.54) is 25.9 Å². The lowest BCUT2D eigenvalue weighted by atomic mass is 9.94. The summed E-state index contributed by atoms with van der Waals surface area (Å²) >= 11 is 0. The van der Waals surface area contributed by atoms with Crippen molar-refractivity contribution >= 4 is 0 Å². The molecule has 0 bridgehead atoms. The van der Waals surface area contributed by atoms with Gasteiger partial charge >= 0.3 is 0 Å². The molecule has 1 saturated carbocycles. The SMILES string of the molecule is CC(CNC1CC1)C(C)N(C)CC(C)(C)C. The predicted octanol–water partition coefficient (Wildman–Crippen LogP) is 2.74. The maximum atomic E-state index is 3.63. The fourth-order valence-corrected chi connectivity index (χ4v) is 2.14. The summed E-state index contributed by atoms with van der Waals surface area (Å²) in [7, 11) is 2.25. The quantitative estimate of drug-likeness (QED) is 0.749. The van der Waals surface area contributed by atoms with Crippen LogP contribution in [0.1, 0.15) is 47.5 Å². The molecule has 2 atom stereocenters. The van der Waals surface area contributed by atoms with E-state index in [1.807, 2.05) is 0 Å². The van der Waals surface area contributed by atoms with Crippen LogP contribution >= 0.6 is 0 Å². The van der Waals surface area contributed by atoms with Crippen LogP contribution in [-0.4, -0.2) is 37.1 Å². The van der Waals surface area contributed by atoms with Gasteiger partial charge in [-0.15, -0.1) is 0 Å². The summed E-state index contributed by atoms with van der Waals surface area (Å²) < 4.78 is 0. The first-order valence-electron chi connectivity index (χ1n) is 6.73. The molecule has 0 aliphatic heterocycles. The van der Waals surface area contributed by atoms with Crippen molar-refractivity contribution in [1.82, 2.24) is 10.2 Å². The van der Waals surface area contributed by atoms with E-state index in [0.717, 1.165) is 12.0 Å². The molecule has 0 aromatic rings. The van der Waals surface area contributed by atoms with E-state index in [2.05, 4.69) is 51.9 Å². The highest BCUT2D eigenvalue weighted by Crippen LogP contribution is 2.21. The van der Waals surface area contributed by atoms with E-state index < -0.39 is 0 Å². The van der Waals surface area contributed by atoms with Crippen LogP contribution in [0.3, 0.4) is 0 Å². The lowest BCUT2D eigenvalue weighted by molar-refractivity contribution is 0.143. The van der Waals surface area contributed by atoms with Crippen molar-refractivity contribution < 1.29 is 0 Å². The Balaban J connectivity index is 2.26. The first kappa shape index (κ1) is 14.0. The fraction of sp³-hybridized carbons (Fsp3) is 1.00. The Morgan fingerprint density at radius 2 is 1.81 bits per heavy atom. The normalized spacial score (nSPS) is 21.2. The van der Waals surface area contributed by atoms with E-state index in [4.69, 9.17) is 0 Å². The third-order valence-electron chi connectivity index (χ3n) is 3.55. The molecule has 2 unspecified atom stereocenters. The summed E-state index contributed by atoms with van der Waals surface area (Å²) in [5.74, 6) is 0.730. The van der Waals surface area contributed by atoms with E-state index in [0.29, 0.717) is 11.5 Å². The highest BCUT2D eigenvalue weighted by Gasteiger charge is 2.24. The van der Waals surface area contributed by atoms with Gasteiger partial charge in [0.05, 0.1) is 0 Å². The number of nitrogens with one attached hydrogen (secondary N) is 1. The molecule has 1 aliphatic carbocycles. The Bertz CT molecular complexity index is 203. The average Bonchev–Trinajstić information content (AvgIpc) is 2.93. The maximum absolute atomic E-state index is 3.63. The molecule has 2 nitrogen and oxygen atoms in total. The van der Waals surface area contributed by atoms with Crippen molar-refractivity contribution in [3.63, 3.8) is 0 Å². The van der Waals surface area contributed by atoms with Crippen molar-refractivity contribution in [3.05, 3.63) is 0 Å². The molecule has 96 valence electrons. The van der Waals surface area contributed by atoms with Gasteiger partial charge in [0.25, 0.3) is 0 Å². The zero-order chi connectivity index (χ0) is 12.3. The monoisotopic (exact) mass is 226 g/mol. The van der Waals surface area contributed by atoms with Gasteiger partial charge in [0.15, 0.2) is 0 Å². The molecule has 0 aromatic carbocycles. The van der Waals surface area contributed by atoms with Crippen molar-refractivity contribution in [3.8, 4) is 0 Å². The van der Waals surface area contributed by atoms with Gasteiger partial charge in [0, 0.05) is 18.6 Å². The molecule has 0 spiro atoms. The largest absolute Gasteiger partial charge is 0.314 e. The molecule has 1 rings (SSSR count). The molecular weight excluding hydrogens is 196 g/mol. The third kappa shape index (κ3) is 5.31. The second-order valence-corrected chi connectivity index (χ2v) is 6.88. The Kier molecular flexibility index (Phi) is 4.81. The summed E-state index contributed by atoms with van der Waals surface area (Å²) in [6.45, 7) is 14.0. The predicted molar refractivity (Wildman–Crippen MR) is 71.7 cm³/mol. The maximum Gasteiger partial charge on any atom is 0.0102 e. The molecule has 1 fully saturated rings. The fourth-order valence-electron chi connectivity index (χ4n) is 2.14. The van der Waals surface area contributed by atoms with E-state index in [1.54, 1.807) is 0 Å². The van der Waals surface area contributed by atoms with Gasteiger partial charge in [-0.25, -0.2) is 0 Å².